The Hall–Kier alpha value is -2.80. The van der Waals surface area contributed by atoms with Crippen LogP contribution in [0, 0.1) is 0 Å². The highest BCUT2D eigenvalue weighted by molar-refractivity contribution is 6.29. The molecule has 0 aliphatic rings. The zero-order chi connectivity index (χ0) is 20.4. The molecule has 0 bridgehead atoms. The van der Waals surface area contributed by atoms with E-state index in [0.717, 1.165) is 5.56 Å². The number of allylic oxidation sites excluding steroid dienone is 2. The normalized spacial score (nSPS) is 12.1. The molecule has 1 aromatic carbocycles. The zero-order valence-corrected chi connectivity index (χ0v) is 17.2. The first kappa shape index (κ1) is 19.9. The fraction of sp³-hybridized carbons (Fsp3) is 0.350. The molecule has 7 nitrogen and oxygen atoms in total. The molecule has 0 unspecified atom stereocenters. The predicted molar refractivity (Wildman–Crippen MR) is 113 cm³/mol. The standard InChI is InChI=1S/C20H24ClN5O2/c1-5-15(21)12-26-16-17(24(4)20(28)23-18(16)27)22-19(26)25(13(2)3)11-14-9-7-6-8-10-14/h5-10,13H,11-12H2,1-4H3,(H,23,27,28)/b15-5-. The molecule has 28 heavy (non-hydrogen) atoms. The minimum atomic E-state index is -0.495. The summed E-state index contributed by atoms with van der Waals surface area (Å²) in [5.41, 5.74) is 0.819. The summed E-state index contributed by atoms with van der Waals surface area (Å²) >= 11 is 6.31. The van der Waals surface area contributed by atoms with Gasteiger partial charge in [0.25, 0.3) is 5.56 Å². The Balaban J connectivity index is 2.26. The van der Waals surface area contributed by atoms with E-state index >= 15 is 0 Å². The smallest absolute Gasteiger partial charge is 0.329 e. The Morgan fingerprint density at radius 2 is 1.96 bits per heavy atom. The molecular weight excluding hydrogens is 378 g/mol. The Bertz CT molecular complexity index is 1130. The summed E-state index contributed by atoms with van der Waals surface area (Å²) < 4.78 is 3.13. The van der Waals surface area contributed by atoms with Crippen LogP contribution in [0.1, 0.15) is 26.3 Å². The van der Waals surface area contributed by atoms with Gasteiger partial charge in [-0.2, -0.15) is 4.98 Å². The lowest BCUT2D eigenvalue weighted by molar-refractivity contribution is 0.638. The zero-order valence-electron chi connectivity index (χ0n) is 16.4. The van der Waals surface area contributed by atoms with Crippen LogP contribution >= 0.6 is 11.6 Å². The van der Waals surface area contributed by atoms with Crippen molar-refractivity contribution >= 4 is 28.7 Å². The number of hydrogen-bond acceptors (Lipinski definition) is 4. The quantitative estimate of drug-likeness (QED) is 0.689. The lowest BCUT2D eigenvalue weighted by Crippen LogP contribution is -2.33. The third-order valence-corrected chi connectivity index (χ3v) is 5.02. The number of hydrogen-bond donors (Lipinski definition) is 1. The van der Waals surface area contributed by atoms with E-state index in [4.69, 9.17) is 11.6 Å². The van der Waals surface area contributed by atoms with Crippen molar-refractivity contribution < 1.29 is 0 Å². The first-order valence-electron chi connectivity index (χ1n) is 9.14. The number of anilines is 1. The largest absolute Gasteiger partial charge is 0.335 e. The maximum atomic E-state index is 12.6. The van der Waals surface area contributed by atoms with Crippen LogP contribution in [0.3, 0.4) is 0 Å². The van der Waals surface area contributed by atoms with Gasteiger partial charge < -0.3 is 4.90 Å². The molecule has 0 aliphatic carbocycles. The van der Waals surface area contributed by atoms with Gasteiger partial charge >= 0.3 is 5.69 Å². The molecule has 148 valence electrons. The molecule has 3 aromatic rings. The van der Waals surface area contributed by atoms with Gasteiger partial charge in [-0.15, -0.1) is 0 Å². The highest BCUT2D eigenvalue weighted by atomic mass is 35.5. The fourth-order valence-electron chi connectivity index (χ4n) is 3.10. The molecule has 3 rings (SSSR count). The number of aryl methyl sites for hydroxylation is 1. The van der Waals surface area contributed by atoms with Crippen molar-refractivity contribution in [3.8, 4) is 0 Å². The van der Waals surface area contributed by atoms with E-state index in [1.54, 1.807) is 17.7 Å². The molecule has 0 saturated carbocycles. The summed E-state index contributed by atoms with van der Waals surface area (Å²) in [5.74, 6) is 0.598. The lowest BCUT2D eigenvalue weighted by atomic mass is 10.2. The Labute approximate surface area is 167 Å². The molecule has 8 heteroatoms. The van der Waals surface area contributed by atoms with Crippen molar-refractivity contribution in [3.05, 3.63) is 67.8 Å². The van der Waals surface area contributed by atoms with E-state index in [1.165, 1.54) is 4.57 Å². The third kappa shape index (κ3) is 3.75. The maximum Gasteiger partial charge on any atom is 0.329 e. The van der Waals surface area contributed by atoms with Gasteiger partial charge in [-0.25, -0.2) is 4.79 Å². The molecule has 0 fully saturated rings. The van der Waals surface area contributed by atoms with Gasteiger partial charge in [0, 0.05) is 24.7 Å². The van der Waals surface area contributed by atoms with Gasteiger partial charge in [-0.1, -0.05) is 48.0 Å². The first-order valence-corrected chi connectivity index (χ1v) is 9.52. The maximum absolute atomic E-state index is 12.6. The molecule has 0 saturated heterocycles. The van der Waals surface area contributed by atoms with Crippen LogP contribution < -0.4 is 16.1 Å². The van der Waals surface area contributed by atoms with Gasteiger partial charge in [0.15, 0.2) is 11.2 Å². The van der Waals surface area contributed by atoms with Gasteiger partial charge in [-0.3, -0.25) is 18.9 Å². The van der Waals surface area contributed by atoms with E-state index in [-0.39, 0.29) is 6.04 Å². The van der Waals surface area contributed by atoms with Gasteiger partial charge in [0.1, 0.15) is 0 Å². The average molecular weight is 402 g/mol. The highest BCUT2D eigenvalue weighted by Crippen LogP contribution is 2.25. The second kappa shape index (κ2) is 8.06. The number of H-pyrrole nitrogens is 1. The number of fused-ring (bicyclic) bond motifs is 1. The number of imidazole rings is 1. The van der Waals surface area contributed by atoms with Crippen LogP contribution in [-0.4, -0.2) is 25.1 Å². The second-order valence-electron chi connectivity index (χ2n) is 6.93. The van der Waals surface area contributed by atoms with Crippen LogP contribution in [-0.2, 0) is 20.1 Å². The minimum absolute atomic E-state index is 0.108. The number of aromatic amines is 1. The Morgan fingerprint density at radius 1 is 1.29 bits per heavy atom. The van der Waals surface area contributed by atoms with Crippen LogP contribution in [0.25, 0.3) is 11.2 Å². The molecule has 0 radical (unpaired) electrons. The second-order valence-corrected chi connectivity index (χ2v) is 7.42. The van der Waals surface area contributed by atoms with Gasteiger partial charge in [-0.05, 0) is 26.3 Å². The molecule has 0 aliphatic heterocycles. The van der Waals surface area contributed by atoms with Crippen LogP contribution in [0.4, 0.5) is 5.95 Å². The average Bonchev–Trinajstić information content (AvgIpc) is 3.04. The SMILES string of the molecule is C/C=C(\Cl)Cn1c(N(Cc2ccccc2)C(C)C)nc2c1c(=O)[nH]c(=O)n2C. The summed E-state index contributed by atoms with van der Waals surface area (Å²) in [6.45, 7) is 6.87. The van der Waals surface area contributed by atoms with Crippen LogP contribution in [0.2, 0.25) is 0 Å². The number of rotatable bonds is 6. The molecule has 0 amide bonds. The Morgan fingerprint density at radius 3 is 2.57 bits per heavy atom. The van der Waals surface area contributed by atoms with Crippen LogP contribution in [0.15, 0.2) is 51.0 Å². The number of benzene rings is 1. The summed E-state index contributed by atoms with van der Waals surface area (Å²) in [7, 11) is 1.59. The van der Waals surface area contributed by atoms with E-state index in [1.807, 2.05) is 37.3 Å². The highest BCUT2D eigenvalue weighted by Gasteiger charge is 2.23. The molecule has 2 aromatic heterocycles. The van der Waals surface area contributed by atoms with Crippen LogP contribution in [0.5, 0.6) is 0 Å². The monoisotopic (exact) mass is 401 g/mol. The topological polar surface area (TPSA) is 75.9 Å². The van der Waals surface area contributed by atoms with Crippen molar-refractivity contribution in [3.63, 3.8) is 0 Å². The van der Waals surface area contributed by atoms with Gasteiger partial charge in [0.05, 0.1) is 6.54 Å². The summed E-state index contributed by atoms with van der Waals surface area (Å²) in [6.07, 6.45) is 1.78. The number of nitrogens with one attached hydrogen (secondary N) is 1. The van der Waals surface area contributed by atoms with Gasteiger partial charge in [0.2, 0.25) is 5.95 Å². The first-order chi connectivity index (χ1) is 13.3. The predicted octanol–water partition coefficient (Wildman–Crippen LogP) is 2.98. The third-order valence-electron chi connectivity index (χ3n) is 4.69. The van der Waals surface area contributed by atoms with Crippen molar-refractivity contribution in [1.82, 2.24) is 19.1 Å². The molecule has 0 spiro atoms. The summed E-state index contributed by atoms with van der Waals surface area (Å²) in [6, 6.07) is 10.1. The van der Waals surface area contributed by atoms with E-state index < -0.39 is 11.2 Å². The lowest BCUT2D eigenvalue weighted by Gasteiger charge is -2.28. The minimum Gasteiger partial charge on any atom is -0.335 e. The summed E-state index contributed by atoms with van der Waals surface area (Å²) in [4.78, 5) is 33.8. The molecular formula is C20H24ClN5O2. The molecule has 1 N–H and O–H groups in total. The van der Waals surface area contributed by atoms with Crippen molar-refractivity contribution in [2.45, 2.75) is 39.9 Å². The Kier molecular flexibility index (Phi) is 5.74. The van der Waals surface area contributed by atoms with Crippen molar-refractivity contribution in [1.29, 1.82) is 0 Å². The molecule has 0 atom stereocenters. The van der Waals surface area contributed by atoms with E-state index in [9.17, 15) is 9.59 Å². The number of halogens is 1. The molecule has 2 heterocycles. The fourth-order valence-corrected chi connectivity index (χ4v) is 3.22. The number of aromatic nitrogens is 4. The van der Waals surface area contributed by atoms with E-state index in [0.29, 0.717) is 35.2 Å². The van der Waals surface area contributed by atoms with E-state index in [2.05, 4.69) is 28.7 Å². The number of nitrogens with zero attached hydrogens (tertiary/aromatic N) is 4. The summed E-state index contributed by atoms with van der Waals surface area (Å²) in [5, 5.41) is 0.581. The van der Waals surface area contributed by atoms with Crippen molar-refractivity contribution in [2.24, 2.45) is 7.05 Å². The van der Waals surface area contributed by atoms with Crippen molar-refractivity contribution in [2.75, 3.05) is 4.90 Å².